The van der Waals surface area contributed by atoms with Crippen molar-refractivity contribution in [3.05, 3.63) is 65.5 Å². The van der Waals surface area contributed by atoms with Gasteiger partial charge < -0.3 is 14.4 Å². The Bertz CT molecular complexity index is 846. The number of pyridine rings is 1. The zero-order valence-electron chi connectivity index (χ0n) is 15.0. The van der Waals surface area contributed by atoms with E-state index in [1.807, 2.05) is 70.2 Å². The first-order chi connectivity index (χ1) is 11.7. The van der Waals surface area contributed by atoms with Crippen LogP contribution in [-0.2, 0) is 14.9 Å². The van der Waals surface area contributed by atoms with E-state index >= 15 is 0 Å². The lowest BCUT2D eigenvalue weighted by molar-refractivity contribution is 0.00578. The first-order valence-corrected chi connectivity index (χ1v) is 8.56. The molecular weight excluding hydrogens is 313 g/mol. The molecule has 0 saturated carbocycles. The molecule has 1 saturated heterocycles. The fourth-order valence-electron chi connectivity index (χ4n) is 3.29. The molecule has 1 aliphatic heterocycles. The second-order valence-corrected chi connectivity index (χ2v) is 7.75. The third kappa shape index (κ3) is 2.46. The lowest BCUT2D eigenvalue weighted by Gasteiger charge is -2.32. The van der Waals surface area contributed by atoms with Crippen molar-refractivity contribution in [2.45, 2.75) is 44.5 Å². The van der Waals surface area contributed by atoms with E-state index in [0.717, 1.165) is 16.6 Å². The van der Waals surface area contributed by atoms with Crippen molar-refractivity contribution in [2.24, 2.45) is 0 Å². The topological polar surface area (TPSA) is 51.6 Å². The minimum atomic E-state index is -1.23. The van der Waals surface area contributed by atoms with E-state index < -0.39 is 23.9 Å². The highest BCUT2D eigenvalue weighted by Crippen LogP contribution is 2.39. The van der Waals surface area contributed by atoms with Crippen LogP contribution in [0, 0.1) is 0 Å². The Morgan fingerprint density at radius 3 is 2.44 bits per heavy atom. The molecule has 4 nitrogen and oxygen atoms in total. The van der Waals surface area contributed by atoms with Crippen LogP contribution in [0.4, 0.5) is 0 Å². The average molecular weight is 335 g/mol. The first kappa shape index (κ1) is 16.5. The molecule has 0 radical (unpaired) electrons. The number of hydrogen-bond donors (Lipinski definition) is 1. The minimum Gasteiger partial charge on any atom is -0.399 e. The number of rotatable bonds is 2. The summed E-state index contributed by atoms with van der Waals surface area (Å²) in [5.41, 5.74) is 1.22. The molecule has 0 spiro atoms. The van der Waals surface area contributed by atoms with Crippen LogP contribution in [-0.4, -0.2) is 28.4 Å². The zero-order valence-corrected chi connectivity index (χ0v) is 15.0. The van der Waals surface area contributed by atoms with Crippen molar-refractivity contribution in [1.82, 2.24) is 4.98 Å². The van der Waals surface area contributed by atoms with Crippen LogP contribution in [0.3, 0.4) is 0 Å². The smallest absolute Gasteiger partial charge is 0.399 e. The van der Waals surface area contributed by atoms with E-state index in [-0.39, 0.29) is 0 Å². The van der Waals surface area contributed by atoms with Gasteiger partial charge in [-0.25, -0.2) is 0 Å². The number of aliphatic hydroxyl groups is 1. The molecule has 25 heavy (non-hydrogen) atoms. The highest BCUT2D eigenvalue weighted by Gasteiger charge is 2.52. The Balaban J connectivity index is 1.72. The fraction of sp³-hybridized carbons (Fsp3) is 0.350. The summed E-state index contributed by atoms with van der Waals surface area (Å²) in [5.74, 6) is 0. The summed E-state index contributed by atoms with van der Waals surface area (Å²) in [5, 5.41) is 11.3. The van der Waals surface area contributed by atoms with Crippen LogP contribution < -0.4 is 5.46 Å². The van der Waals surface area contributed by atoms with E-state index in [9.17, 15) is 5.11 Å². The lowest BCUT2D eigenvalue weighted by Crippen LogP contribution is -2.41. The summed E-state index contributed by atoms with van der Waals surface area (Å²) >= 11 is 0. The van der Waals surface area contributed by atoms with Crippen molar-refractivity contribution in [3.63, 3.8) is 0 Å². The number of benzene rings is 1. The number of fused-ring (bicyclic) bond motifs is 1. The quantitative estimate of drug-likeness (QED) is 0.858. The van der Waals surface area contributed by atoms with Gasteiger partial charge in [0, 0.05) is 6.20 Å². The van der Waals surface area contributed by atoms with Gasteiger partial charge in [-0.15, -0.1) is 0 Å². The van der Waals surface area contributed by atoms with Crippen LogP contribution in [0.25, 0.3) is 6.08 Å². The maximum absolute atomic E-state index is 11.3. The van der Waals surface area contributed by atoms with Crippen molar-refractivity contribution in [3.8, 4) is 0 Å². The minimum absolute atomic E-state index is 0.397. The van der Waals surface area contributed by atoms with E-state index in [1.165, 1.54) is 0 Å². The van der Waals surface area contributed by atoms with Gasteiger partial charge in [0.15, 0.2) is 5.60 Å². The van der Waals surface area contributed by atoms with Crippen molar-refractivity contribution >= 4 is 18.7 Å². The summed E-state index contributed by atoms with van der Waals surface area (Å²) in [6.07, 6.45) is 5.40. The highest BCUT2D eigenvalue weighted by atomic mass is 16.7. The molecule has 1 N–H and O–H groups in total. The standard InChI is InChI=1S/C20H22BNO3/c1-18(2)19(3,4)25-21(24-18)16-9-5-8-15(13-16)20(23)11-10-14-7-6-12-22-17(14)20/h5-13,23H,1-4H3. The van der Waals surface area contributed by atoms with Gasteiger partial charge in [0.1, 0.15) is 0 Å². The Morgan fingerprint density at radius 2 is 1.72 bits per heavy atom. The second-order valence-electron chi connectivity index (χ2n) is 7.75. The van der Waals surface area contributed by atoms with Gasteiger partial charge in [-0.05, 0) is 56.4 Å². The molecule has 1 atom stereocenters. The third-order valence-electron chi connectivity index (χ3n) is 5.56. The predicted octanol–water partition coefficient (Wildman–Crippen LogP) is 2.64. The van der Waals surface area contributed by atoms with Gasteiger partial charge in [-0.2, -0.15) is 0 Å². The Hall–Kier alpha value is -1.95. The van der Waals surface area contributed by atoms with Gasteiger partial charge in [0.2, 0.25) is 0 Å². The van der Waals surface area contributed by atoms with Crippen LogP contribution in [0.1, 0.15) is 44.5 Å². The monoisotopic (exact) mass is 335 g/mol. The maximum atomic E-state index is 11.3. The molecule has 5 heteroatoms. The van der Waals surface area contributed by atoms with E-state index in [0.29, 0.717) is 5.69 Å². The van der Waals surface area contributed by atoms with Gasteiger partial charge in [0.25, 0.3) is 0 Å². The molecule has 1 aromatic heterocycles. The molecule has 1 unspecified atom stereocenters. The summed E-state index contributed by atoms with van der Waals surface area (Å²) in [7, 11) is -0.456. The molecule has 0 bridgehead atoms. The summed E-state index contributed by atoms with van der Waals surface area (Å²) in [4.78, 5) is 4.39. The van der Waals surface area contributed by atoms with Gasteiger partial charge in [-0.3, -0.25) is 4.98 Å². The molecule has 0 amide bonds. The summed E-state index contributed by atoms with van der Waals surface area (Å²) in [6.45, 7) is 8.13. The molecule has 2 aliphatic rings. The fourth-order valence-corrected chi connectivity index (χ4v) is 3.29. The molecule has 1 fully saturated rings. The summed E-state index contributed by atoms with van der Waals surface area (Å²) in [6, 6.07) is 11.6. The van der Waals surface area contributed by atoms with Crippen molar-refractivity contribution in [1.29, 1.82) is 0 Å². The molecule has 1 aliphatic carbocycles. The number of hydrogen-bond acceptors (Lipinski definition) is 4. The molecular formula is C20H22BNO3. The Labute approximate surface area is 148 Å². The zero-order chi connectivity index (χ0) is 17.9. The largest absolute Gasteiger partial charge is 0.494 e. The van der Waals surface area contributed by atoms with E-state index in [1.54, 1.807) is 12.3 Å². The van der Waals surface area contributed by atoms with Gasteiger partial charge in [0.05, 0.1) is 16.9 Å². The van der Waals surface area contributed by atoms with E-state index in [4.69, 9.17) is 9.31 Å². The van der Waals surface area contributed by atoms with Crippen LogP contribution in [0.2, 0.25) is 0 Å². The van der Waals surface area contributed by atoms with Gasteiger partial charge in [-0.1, -0.05) is 36.4 Å². The SMILES string of the molecule is CC1(C)OB(c2cccc(C3(O)C=Cc4cccnc43)c2)OC1(C)C. The molecule has 4 rings (SSSR count). The predicted molar refractivity (Wildman–Crippen MR) is 98.4 cm³/mol. The second kappa shape index (κ2) is 5.27. The number of nitrogens with zero attached hydrogens (tertiary/aromatic N) is 1. The number of aromatic nitrogens is 1. The van der Waals surface area contributed by atoms with Crippen molar-refractivity contribution in [2.75, 3.05) is 0 Å². The third-order valence-corrected chi connectivity index (χ3v) is 5.56. The Kier molecular flexibility index (Phi) is 3.49. The van der Waals surface area contributed by atoms with Crippen LogP contribution in [0.5, 0.6) is 0 Å². The van der Waals surface area contributed by atoms with Crippen LogP contribution in [0.15, 0.2) is 48.7 Å². The molecule has 1 aromatic carbocycles. The average Bonchev–Trinajstić information content (AvgIpc) is 3.03. The van der Waals surface area contributed by atoms with Crippen LogP contribution >= 0.6 is 0 Å². The van der Waals surface area contributed by atoms with E-state index in [2.05, 4.69) is 4.98 Å². The first-order valence-electron chi connectivity index (χ1n) is 8.56. The Morgan fingerprint density at radius 1 is 1.00 bits per heavy atom. The maximum Gasteiger partial charge on any atom is 0.494 e. The highest BCUT2D eigenvalue weighted by molar-refractivity contribution is 6.62. The molecule has 2 aromatic rings. The normalized spacial score (nSPS) is 26.0. The lowest BCUT2D eigenvalue weighted by atomic mass is 9.76. The molecule has 2 heterocycles. The van der Waals surface area contributed by atoms with Gasteiger partial charge >= 0.3 is 7.12 Å². The molecule has 128 valence electrons. The van der Waals surface area contributed by atoms with Crippen molar-refractivity contribution < 1.29 is 14.4 Å². The summed E-state index contributed by atoms with van der Waals surface area (Å²) < 4.78 is 12.3.